The molecular formula is C16H24N4O. The van der Waals surface area contributed by atoms with Crippen molar-refractivity contribution in [3.8, 4) is 0 Å². The molecule has 0 aliphatic rings. The van der Waals surface area contributed by atoms with Gasteiger partial charge in [-0.1, -0.05) is 34.6 Å². The summed E-state index contributed by atoms with van der Waals surface area (Å²) < 4.78 is 0. The average molecular weight is 288 g/mol. The zero-order valence-corrected chi connectivity index (χ0v) is 13.3. The maximum atomic E-state index is 12.0. The number of nitrogens with one attached hydrogen (secondary N) is 2. The number of aromatic amines is 1. The van der Waals surface area contributed by atoms with E-state index in [4.69, 9.17) is 5.73 Å². The van der Waals surface area contributed by atoms with Crippen molar-refractivity contribution in [1.29, 1.82) is 0 Å². The first-order chi connectivity index (χ1) is 9.68. The van der Waals surface area contributed by atoms with Crippen LogP contribution in [0.1, 0.15) is 40.4 Å². The maximum absolute atomic E-state index is 12.0. The van der Waals surface area contributed by atoms with Crippen LogP contribution in [0.15, 0.2) is 18.2 Å². The topological polar surface area (TPSA) is 83.8 Å². The number of benzene rings is 1. The molecule has 1 aromatic heterocycles. The van der Waals surface area contributed by atoms with Crippen LogP contribution in [0.5, 0.6) is 0 Å². The number of imidazole rings is 1. The molecule has 0 unspecified atom stereocenters. The number of hydrogen-bond acceptors (Lipinski definition) is 3. The third-order valence-corrected chi connectivity index (χ3v) is 3.48. The Balaban J connectivity index is 2.25. The molecule has 21 heavy (non-hydrogen) atoms. The molecule has 5 nitrogen and oxygen atoms in total. The van der Waals surface area contributed by atoms with Crippen LogP contribution in [0.4, 0.5) is 5.69 Å². The van der Waals surface area contributed by atoms with Gasteiger partial charge in [0.15, 0.2) is 0 Å². The lowest BCUT2D eigenvalue weighted by Crippen LogP contribution is -2.39. The van der Waals surface area contributed by atoms with E-state index in [1.807, 2.05) is 32.0 Å². The Labute approximate surface area is 125 Å². The van der Waals surface area contributed by atoms with E-state index >= 15 is 0 Å². The van der Waals surface area contributed by atoms with Crippen LogP contribution in [-0.2, 0) is 10.2 Å². The van der Waals surface area contributed by atoms with Gasteiger partial charge in [-0.2, -0.15) is 0 Å². The minimum Gasteiger partial charge on any atom is -0.341 e. The predicted octanol–water partition coefficient (Wildman–Crippen LogP) is 2.78. The molecule has 1 amide bonds. The molecule has 1 heterocycles. The third-order valence-electron chi connectivity index (χ3n) is 3.48. The summed E-state index contributed by atoms with van der Waals surface area (Å²) in [5.41, 5.74) is 8.35. The minimum atomic E-state index is -0.507. The molecule has 0 saturated heterocycles. The molecule has 0 bridgehead atoms. The van der Waals surface area contributed by atoms with Crippen LogP contribution >= 0.6 is 0 Å². The number of hydrogen-bond donors (Lipinski definition) is 3. The number of nitrogens with two attached hydrogens (primary N) is 1. The second-order valence-electron chi connectivity index (χ2n) is 6.83. The van der Waals surface area contributed by atoms with Crippen molar-refractivity contribution in [3.05, 3.63) is 24.0 Å². The van der Waals surface area contributed by atoms with Crippen LogP contribution in [0.25, 0.3) is 11.0 Å². The molecular weight excluding hydrogens is 264 g/mol. The maximum Gasteiger partial charge on any atom is 0.241 e. The number of fused-ring (bicyclic) bond motifs is 1. The molecule has 2 aromatic rings. The first kappa shape index (κ1) is 15.5. The van der Waals surface area contributed by atoms with Gasteiger partial charge in [0.05, 0.1) is 17.1 Å². The predicted molar refractivity (Wildman–Crippen MR) is 86.2 cm³/mol. The van der Waals surface area contributed by atoms with Crippen molar-refractivity contribution in [1.82, 2.24) is 9.97 Å². The Hall–Kier alpha value is -1.88. The summed E-state index contributed by atoms with van der Waals surface area (Å²) in [6.45, 7) is 10.2. The van der Waals surface area contributed by atoms with E-state index in [1.54, 1.807) is 0 Å². The largest absolute Gasteiger partial charge is 0.341 e. The monoisotopic (exact) mass is 288 g/mol. The average Bonchev–Trinajstić information content (AvgIpc) is 2.80. The van der Waals surface area contributed by atoms with Gasteiger partial charge in [0.2, 0.25) is 5.91 Å². The highest BCUT2D eigenvalue weighted by Gasteiger charge is 2.19. The normalized spacial score (nSPS) is 13.7. The number of anilines is 1. The molecule has 0 saturated carbocycles. The Morgan fingerprint density at radius 3 is 2.57 bits per heavy atom. The van der Waals surface area contributed by atoms with Crippen molar-refractivity contribution in [3.63, 3.8) is 0 Å². The molecule has 2 rings (SSSR count). The number of amides is 1. The molecule has 1 aromatic carbocycles. The number of carbonyl (C=O) groups is 1. The van der Waals surface area contributed by atoms with Crippen LogP contribution in [0.3, 0.4) is 0 Å². The summed E-state index contributed by atoms with van der Waals surface area (Å²) in [7, 11) is 0. The Morgan fingerprint density at radius 1 is 1.33 bits per heavy atom. The van der Waals surface area contributed by atoms with Gasteiger partial charge in [0.25, 0.3) is 0 Å². The Bertz CT molecular complexity index is 652. The summed E-state index contributed by atoms with van der Waals surface area (Å²) in [5.74, 6) is 0.869. The molecule has 0 spiro atoms. The number of nitrogens with zero attached hydrogens (tertiary/aromatic N) is 1. The van der Waals surface area contributed by atoms with E-state index in [2.05, 4.69) is 36.1 Å². The van der Waals surface area contributed by atoms with E-state index in [9.17, 15) is 4.79 Å². The first-order valence-electron chi connectivity index (χ1n) is 7.25. The lowest BCUT2D eigenvalue weighted by Gasteiger charge is -2.15. The standard InChI is InChI=1S/C16H24N4O/c1-9(2)13(17)14(21)18-10-6-7-11-12(8-10)20-15(19-11)16(3,4)5/h6-9,13H,17H2,1-5H3,(H,18,21)(H,19,20)/t13-/m0/s1. The molecule has 1 atom stereocenters. The Kier molecular flexibility index (Phi) is 4.05. The number of aromatic nitrogens is 2. The van der Waals surface area contributed by atoms with Gasteiger partial charge in [-0.05, 0) is 24.1 Å². The molecule has 0 aliphatic heterocycles. The van der Waals surface area contributed by atoms with E-state index < -0.39 is 6.04 Å². The molecule has 0 aliphatic carbocycles. The Morgan fingerprint density at radius 2 is 2.00 bits per heavy atom. The van der Waals surface area contributed by atoms with Gasteiger partial charge in [0, 0.05) is 11.1 Å². The van der Waals surface area contributed by atoms with Crippen LogP contribution in [-0.4, -0.2) is 21.9 Å². The molecule has 5 heteroatoms. The van der Waals surface area contributed by atoms with E-state index in [1.165, 1.54) is 0 Å². The van der Waals surface area contributed by atoms with Gasteiger partial charge in [0.1, 0.15) is 5.82 Å². The van der Waals surface area contributed by atoms with E-state index in [-0.39, 0.29) is 17.2 Å². The van der Waals surface area contributed by atoms with Crippen molar-refractivity contribution in [2.45, 2.75) is 46.1 Å². The van der Waals surface area contributed by atoms with E-state index in [0.717, 1.165) is 22.5 Å². The molecule has 114 valence electrons. The summed E-state index contributed by atoms with van der Waals surface area (Å²) in [6, 6.07) is 5.13. The quantitative estimate of drug-likeness (QED) is 0.812. The lowest BCUT2D eigenvalue weighted by atomic mass is 9.96. The summed E-state index contributed by atoms with van der Waals surface area (Å²) in [4.78, 5) is 19.9. The minimum absolute atomic E-state index is 0.0393. The highest BCUT2D eigenvalue weighted by atomic mass is 16.2. The third kappa shape index (κ3) is 3.42. The summed E-state index contributed by atoms with van der Waals surface area (Å²) in [5, 5.41) is 2.85. The van der Waals surface area contributed by atoms with Gasteiger partial charge >= 0.3 is 0 Å². The zero-order chi connectivity index (χ0) is 15.8. The van der Waals surface area contributed by atoms with Crippen molar-refractivity contribution in [2.24, 2.45) is 11.7 Å². The SMILES string of the molecule is CC(C)[C@H](N)C(=O)Nc1ccc2nc(C(C)(C)C)[nH]c2c1. The smallest absolute Gasteiger partial charge is 0.241 e. The molecule has 0 radical (unpaired) electrons. The van der Waals surface area contributed by atoms with Gasteiger partial charge in [-0.3, -0.25) is 4.79 Å². The van der Waals surface area contributed by atoms with Crippen molar-refractivity contribution >= 4 is 22.6 Å². The number of rotatable bonds is 3. The van der Waals surface area contributed by atoms with Crippen molar-refractivity contribution < 1.29 is 4.79 Å². The fourth-order valence-electron chi connectivity index (χ4n) is 1.97. The molecule has 0 fully saturated rings. The second kappa shape index (κ2) is 5.48. The number of carbonyl (C=O) groups excluding carboxylic acids is 1. The van der Waals surface area contributed by atoms with Crippen LogP contribution in [0.2, 0.25) is 0 Å². The van der Waals surface area contributed by atoms with Gasteiger partial charge < -0.3 is 16.0 Å². The zero-order valence-electron chi connectivity index (χ0n) is 13.3. The summed E-state index contributed by atoms with van der Waals surface area (Å²) in [6.07, 6.45) is 0. The van der Waals surface area contributed by atoms with Crippen LogP contribution < -0.4 is 11.1 Å². The molecule has 4 N–H and O–H groups in total. The highest BCUT2D eigenvalue weighted by molar-refractivity contribution is 5.96. The van der Waals surface area contributed by atoms with Gasteiger partial charge in [-0.15, -0.1) is 0 Å². The van der Waals surface area contributed by atoms with Crippen LogP contribution in [0, 0.1) is 5.92 Å². The summed E-state index contributed by atoms with van der Waals surface area (Å²) >= 11 is 0. The van der Waals surface area contributed by atoms with Crippen molar-refractivity contribution in [2.75, 3.05) is 5.32 Å². The van der Waals surface area contributed by atoms with Gasteiger partial charge in [-0.25, -0.2) is 4.98 Å². The first-order valence-corrected chi connectivity index (χ1v) is 7.25. The fraction of sp³-hybridized carbons (Fsp3) is 0.500. The van der Waals surface area contributed by atoms with E-state index in [0.29, 0.717) is 0 Å². The highest BCUT2D eigenvalue weighted by Crippen LogP contribution is 2.24. The number of H-pyrrole nitrogens is 1. The lowest BCUT2D eigenvalue weighted by molar-refractivity contribution is -0.118. The fourth-order valence-corrected chi connectivity index (χ4v) is 1.97. The second-order valence-corrected chi connectivity index (χ2v) is 6.83.